The molecule has 0 saturated heterocycles. The van der Waals surface area contributed by atoms with Crippen molar-refractivity contribution in [1.82, 2.24) is 4.98 Å². The minimum absolute atomic E-state index is 0.122. The molecule has 0 spiro atoms. The Kier molecular flexibility index (Phi) is 3.82. The zero-order valence-electron chi connectivity index (χ0n) is 8.70. The topological polar surface area (TPSA) is 42.1 Å². The minimum Gasteiger partial charge on any atom is -0.493 e. The summed E-state index contributed by atoms with van der Waals surface area (Å²) < 4.78 is 6.67. The van der Waals surface area contributed by atoms with E-state index in [1.54, 1.807) is 0 Å². The van der Waals surface area contributed by atoms with E-state index in [0.29, 0.717) is 12.4 Å². The van der Waals surface area contributed by atoms with Crippen molar-refractivity contribution in [1.29, 1.82) is 0 Å². The van der Waals surface area contributed by atoms with Crippen LogP contribution in [0.3, 0.4) is 0 Å². The van der Waals surface area contributed by atoms with Crippen LogP contribution in [0.1, 0.15) is 6.42 Å². The van der Waals surface area contributed by atoms with Crippen LogP contribution in [-0.2, 0) is 0 Å². The van der Waals surface area contributed by atoms with Crippen molar-refractivity contribution in [2.75, 3.05) is 11.0 Å². The quantitative estimate of drug-likeness (QED) is 0.532. The molecule has 16 heavy (non-hydrogen) atoms. The highest BCUT2D eigenvalue weighted by Gasteiger charge is 2.03. The Morgan fingerprint density at radius 1 is 1.31 bits per heavy atom. The van der Waals surface area contributed by atoms with Gasteiger partial charge in [-0.15, -0.1) is 0 Å². The van der Waals surface area contributed by atoms with Gasteiger partial charge in [0.1, 0.15) is 5.75 Å². The predicted octanol–water partition coefficient (Wildman–Crippen LogP) is 2.73. The predicted molar refractivity (Wildman–Crippen MR) is 73.6 cm³/mol. The lowest BCUT2D eigenvalue weighted by molar-refractivity contribution is 0.323. The second-order valence-electron chi connectivity index (χ2n) is 3.43. The van der Waals surface area contributed by atoms with Crippen molar-refractivity contribution in [2.45, 2.75) is 6.42 Å². The van der Waals surface area contributed by atoms with Gasteiger partial charge in [-0.3, -0.25) is 4.79 Å². The molecule has 0 aliphatic rings. The van der Waals surface area contributed by atoms with Crippen LogP contribution in [0.2, 0.25) is 0 Å². The van der Waals surface area contributed by atoms with Gasteiger partial charge in [0, 0.05) is 15.9 Å². The molecule has 1 aromatic heterocycles. The van der Waals surface area contributed by atoms with Crippen molar-refractivity contribution >= 4 is 33.5 Å². The van der Waals surface area contributed by atoms with Crippen molar-refractivity contribution in [3.8, 4) is 5.75 Å². The monoisotopic (exact) mass is 329 g/mol. The Labute approximate surface area is 107 Å². The van der Waals surface area contributed by atoms with Crippen molar-refractivity contribution in [3.63, 3.8) is 0 Å². The molecule has 84 valence electrons. The summed E-state index contributed by atoms with van der Waals surface area (Å²) in [7, 11) is 0. The average molecular weight is 329 g/mol. The van der Waals surface area contributed by atoms with E-state index < -0.39 is 0 Å². The lowest BCUT2D eigenvalue weighted by atomic mass is 10.2. The molecule has 0 unspecified atom stereocenters. The van der Waals surface area contributed by atoms with Gasteiger partial charge in [0.25, 0.3) is 5.56 Å². The number of aromatic amines is 1. The third-order valence-corrected chi connectivity index (χ3v) is 3.01. The molecule has 0 radical (unpaired) electrons. The maximum absolute atomic E-state index is 11.4. The van der Waals surface area contributed by atoms with Crippen LogP contribution < -0.4 is 10.3 Å². The molecule has 2 rings (SSSR count). The second-order valence-corrected chi connectivity index (χ2v) is 4.51. The number of hydrogen-bond donors (Lipinski definition) is 1. The van der Waals surface area contributed by atoms with E-state index in [-0.39, 0.29) is 5.56 Å². The summed E-state index contributed by atoms with van der Waals surface area (Å²) in [5.74, 6) is 0.671. The summed E-state index contributed by atoms with van der Waals surface area (Å²) >= 11 is 2.31. The van der Waals surface area contributed by atoms with E-state index in [1.807, 2.05) is 24.3 Å². The van der Waals surface area contributed by atoms with E-state index in [4.69, 9.17) is 4.74 Å². The number of ether oxygens (including phenoxy) is 1. The average Bonchev–Trinajstić information content (AvgIpc) is 2.29. The first kappa shape index (κ1) is 11.4. The van der Waals surface area contributed by atoms with Crippen LogP contribution in [0.5, 0.6) is 5.75 Å². The third kappa shape index (κ3) is 2.55. The number of hydrogen-bond acceptors (Lipinski definition) is 2. The number of rotatable bonds is 4. The molecule has 0 amide bonds. The number of pyridine rings is 1. The second kappa shape index (κ2) is 5.34. The number of benzene rings is 1. The molecule has 0 aliphatic carbocycles. The SMILES string of the molecule is O=c1cc(OCCCI)c2ccccc2[nH]1. The number of nitrogens with one attached hydrogen (secondary N) is 1. The van der Waals surface area contributed by atoms with Crippen LogP contribution in [0, 0.1) is 0 Å². The molecule has 0 atom stereocenters. The molecule has 1 N–H and O–H groups in total. The fourth-order valence-corrected chi connectivity index (χ4v) is 1.84. The summed E-state index contributed by atoms with van der Waals surface area (Å²) in [5.41, 5.74) is 0.697. The number of alkyl halides is 1. The summed E-state index contributed by atoms with van der Waals surface area (Å²) in [5, 5.41) is 0.954. The molecule has 1 heterocycles. The molecule has 4 heteroatoms. The number of H-pyrrole nitrogens is 1. The molecule has 1 aromatic carbocycles. The molecular formula is C12H12INO2. The van der Waals surface area contributed by atoms with Crippen molar-refractivity contribution in [3.05, 3.63) is 40.7 Å². The van der Waals surface area contributed by atoms with E-state index in [2.05, 4.69) is 27.6 Å². The molecule has 3 nitrogen and oxygen atoms in total. The number of fused-ring (bicyclic) bond motifs is 1. The lowest BCUT2D eigenvalue weighted by Crippen LogP contribution is -2.07. The van der Waals surface area contributed by atoms with Crippen molar-refractivity contribution < 1.29 is 4.74 Å². The Bertz CT molecular complexity index is 536. The molecular weight excluding hydrogens is 317 g/mol. The zero-order valence-corrected chi connectivity index (χ0v) is 10.9. The first-order valence-corrected chi connectivity index (χ1v) is 6.64. The highest BCUT2D eigenvalue weighted by Crippen LogP contribution is 2.21. The normalized spacial score (nSPS) is 10.6. The van der Waals surface area contributed by atoms with Crippen LogP contribution in [0.25, 0.3) is 10.9 Å². The van der Waals surface area contributed by atoms with Crippen molar-refractivity contribution in [2.24, 2.45) is 0 Å². The summed E-state index contributed by atoms with van der Waals surface area (Å²) in [6.07, 6.45) is 0.988. The molecule has 2 aromatic rings. The highest BCUT2D eigenvalue weighted by molar-refractivity contribution is 14.1. The Morgan fingerprint density at radius 2 is 2.12 bits per heavy atom. The fourth-order valence-electron chi connectivity index (χ4n) is 1.53. The first-order chi connectivity index (χ1) is 7.81. The van der Waals surface area contributed by atoms with Gasteiger partial charge in [-0.05, 0) is 18.6 Å². The summed E-state index contributed by atoms with van der Waals surface area (Å²) in [6.45, 7) is 0.649. The van der Waals surface area contributed by atoms with Crippen LogP contribution in [0.4, 0.5) is 0 Å². The Balaban J connectivity index is 2.38. The van der Waals surface area contributed by atoms with Gasteiger partial charge in [0.15, 0.2) is 0 Å². The maximum Gasteiger partial charge on any atom is 0.252 e. The van der Waals surface area contributed by atoms with E-state index in [0.717, 1.165) is 21.8 Å². The van der Waals surface area contributed by atoms with E-state index >= 15 is 0 Å². The summed E-state index contributed by atoms with van der Waals surface area (Å²) in [4.78, 5) is 14.2. The van der Waals surface area contributed by atoms with Gasteiger partial charge >= 0.3 is 0 Å². The highest BCUT2D eigenvalue weighted by atomic mass is 127. The number of para-hydroxylation sites is 1. The minimum atomic E-state index is -0.122. The molecule has 0 saturated carbocycles. The maximum atomic E-state index is 11.4. The summed E-state index contributed by atoms with van der Waals surface area (Å²) in [6, 6.07) is 9.17. The zero-order chi connectivity index (χ0) is 11.4. The number of halogens is 1. The van der Waals surface area contributed by atoms with Crippen LogP contribution in [-0.4, -0.2) is 16.0 Å². The Hall–Kier alpha value is -1.04. The first-order valence-electron chi connectivity index (χ1n) is 5.12. The number of aromatic nitrogens is 1. The smallest absolute Gasteiger partial charge is 0.252 e. The van der Waals surface area contributed by atoms with E-state index in [1.165, 1.54) is 6.07 Å². The lowest BCUT2D eigenvalue weighted by Gasteiger charge is -2.07. The molecule has 0 bridgehead atoms. The van der Waals surface area contributed by atoms with Gasteiger partial charge in [0.2, 0.25) is 0 Å². The van der Waals surface area contributed by atoms with Crippen LogP contribution >= 0.6 is 22.6 Å². The van der Waals surface area contributed by atoms with Gasteiger partial charge in [-0.1, -0.05) is 34.7 Å². The molecule has 0 fully saturated rings. The van der Waals surface area contributed by atoms with Gasteiger partial charge in [-0.25, -0.2) is 0 Å². The fraction of sp³-hybridized carbons (Fsp3) is 0.250. The Morgan fingerprint density at radius 3 is 2.94 bits per heavy atom. The van der Waals surface area contributed by atoms with Crippen LogP contribution in [0.15, 0.2) is 35.1 Å². The standard InChI is InChI=1S/C12H12INO2/c13-6-3-7-16-11-8-12(15)14-10-5-2-1-4-9(10)11/h1-2,4-5,8H,3,6-7H2,(H,14,15). The largest absolute Gasteiger partial charge is 0.493 e. The van der Waals surface area contributed by atoms with Gasteiger partial charge in [0.05, 0.1) is 12.1 Å². The van der Waals surface area contributed by atoms with E-state index in [9.17, 15) is 4.79 Å². The van der Waals surface area contributed by atoms with Gasteiger partial charge < -0.3 is 9.72 Å². The van der Waals surface area contributed by atoms with Gasteiger partial charge in [-0.2, -0.15) is 0 Å². The molecule has 0 aliphatic heterocycles. The third-order valence-electron chi connectivity index (χ3n) is 2.25.